The van der Waals surface area contributed by atoms with Gasteiger partial charge in [-0.3, -0.25) is 4.79 Å². The average molecular weight is 460 g/mol. The van der Waals surface area contributed by atoms with Crippen LogP contribution in [-0.4, -0.2) is 18.5 Å². The Labute approximate surface area is 175 Å². The number of hydrogen-bond acceptors (Lipinski definition) is 5. The van der Waals surface area contributed by atoms with Gasteiger partial charge in [-0.05, 0) is 49.8 Å². The van der Waals surface area contributed by atoms with Crippen LogP contribution in [0.2, 0.25) is 0 Å². The van der Waals surface area contributed by atoms with Crippen molar-refractivity contribution in [3.63, 3.8) is 0 Å². The van der Waals surface area contributed by atoms with Gasteiger partial charge in [-0.2, -0.15) is 0 Å². The maximum Gasteiger partial charge on any atom is 0.341 e. The SMILES string of the molecule is CCOC(=O)c1c(-c2ccc(Br)cc2)csc1NC(=O)/C=C/c1ccc(C)o1. The highest BCUT2D eigenvalue weighted by Crippen LogP contribution is 2.36. The molecule has 1 N–H and O–H groups in total. The summed E-state index contributed by atoms with van der Waals surface area (Å²) in [6, 6.07) is 11.2. The first-order valence-electron chi connectivity index (χ1n) is 8.58. The molecule has 0 spiro atoms. The number of rotatable bonds is 6. The van der Waals surface area contributed by atoms with E-state index in [0.29, 0.717) is 16.3 Å². The van der Waals surface area contributed by atoms with E-state index in [2.05, 4.69) is 21.2 Å². The van der Waals surface area contributed by atoms with Gasteiger partial charge in [0.05, 0.1) is 6.61 Å². The molecule has 0 aliphatic rings. The molecule has 28 heavy (non-hydrogen) atoms. The Kier molecular flexibility index (Phi) is 6.49. The van der Waals surface area contributed by atoms with Crippen molar-refractivity contribution in [2.24, 2.45) is 0 Å². The molecule has 0 atom stereocenters. The highest BCUT2D eigenvalue weighted by atomic mass is 79.9. The number of furan rings is 1. The van der Waals surface area contributed by atoms with Crippen LogP contribution in [0.15, 0.2) is 56.7 Å². The summed E-state index contributed by atoms with van der Waals surface area (Å²) in [5.74, 6) is 0.522. The minimum absolute atomic E-state index is 0.250. The number of anilines is 1. The van der Waals surface area contributed by atoms with E-state index in [-0.39, 0.29) is 12.5 Å². The van der Waals surface area contributed by atoms with E-state index in [1.165, 1.54) is 17.4 Å². The van der Waals surface area contributed by atoms with Crippen molar-refractivity contribution < 1.29 is 18.7 Å². The molecule has 0 aliphatic carbocycles. The highest BCUT2D eigenvalue weighted by molar-refractivity contribution is 9.10. The Morgan fingerprint density at radius 1 is 1.21 bits per heavy atom. The molecule has 5 nitrogen and oxygen atoms in total. The summed E-state index contributed by atoms with van der Waals surface area (Å²) < 4.78 is 11.5. The molecule has 0 aliphatic heterocycles. The van der Waals surface area contributed by atoms with Crippen LogP contribution in [0.25, 0.3) is 17.2 Å². The van der Waals surface area contributed by atoms with E-state index in [1.54, 1.807) is 19.1 Å². The Bertz CT molecular complexity index is 1020. The maximum atomic E-state index is 12.5. The smallest absolute Gasteiger partial charge is 0.341 e. The van der Waals surface area contributed by atoms with Crippen LogP contribution < -0.4 is 5.32 Å². The number of carbonyl (C=O) groups excluding carboxylic acids is 2. The number of esters is 1. The standard InChI is InChI=1S/C21H18BrNO4S/c1-3-26-21(25)19-17(14-5-7-15(22)8-6-14)12-28-20(19)23-18(24)11-10-16-9-4-13(2)27-16/h4-12H,3H2,1-2H3,(H,23,24)/b11-10+. The number of hydrogen-bond donors (Lipinski definition) is 1. The number of carbonyl (C=O) groups is 2. The summed E-state index contributed by atoms with van der Waals surface area (Å²) >= 11 is 4.69. The van der Waals surface area contributed by atoms with E-state index in [0.717, 1.165) is 21.4 Å². The first-order valence-corrected chi connectivity index (χ1v) is 10.2. The van der Waals surface area contributed by atoms with E-state index < -0.39 is 5.97 Å². The molecule has 1 amide bonds. The third-order valence-electron chi connectivity index (χ3n) is 3.82. The number of benzene rings is 1. The van der Waals surface area contributed by atoms with Gasteiger partial charge in [0.2, 0.25) is 5.91 Å². The van der Waals surface area contributed by atoms with Crippen LogP contribution in [0.5, 0.6) is 0 Å². The second-order valence-corrected chi connectivity index (χ2v) is 7.65. The monoisotopic (exact) mass is 459 g/mol. The molecular formula is C21H18BrNO4S. The lowest BCUT2D eigenvalue weighted by Gasteiger charge is -2.08. The van der Waals surface area contributed by atoms with Crippen LogP contribution in [0.3, 0.4) is 0 Å². The first-order chi connectivity index (χ1) is 13.5. The largest absolute Gasteiger partial charge is 0.462 e. The maximum absolute atomic E-state index is 12.5. The van der Waals surface area contributed by atoms with Crippen LogP contribution in [0, 0.1) is 6.92 Å². The molecule has 0 radical (unpaired) electrons. The molecule has 7 heteroatoms. The molecule has 2 heterocycles. The molecule has 0 bridgehead atoms. The summed E-state index contributed by atoms with van der Waals surface area (Å²) in [7, 11) is 0. The fourth-order valence-corrected chi connectivity index (χ4v) is 3.78. The van der Waals surface area contributed by atoms with Crippen LogP contribution in [0.1, 0.15) is 28.8 Å². The second kappa shape index (κ2) is 9.03. The molecule has 144 valence electrons. The van der Waals surface area contributed by atoms with Crippen LogP contribution >= 0.6 is 27.3 Å². The van der Waals surface area contributed by atoms with Crippen molar-refractivity contribution in [3.8, 4) is 11.1 Å². The number of aryl methyl sites for hydroxylation is 1. The van der Waals surface area contributed by atoms with Crippen molar-refractivity contribution in [1.82, 2.24) is 0 Å². The Balaban J connectivity index is 1.87. The highest BCUT2D eigenvalue weighted by Gasteiger charge is 2.22. The lowest BCUT2D eigenvalue weighted by atomic mass is 10.0. The molecule has 2 aromatic heterocycles. The fourth-order valence-electron chi connectivity index (χ4n) is 2.55. The van der Waals surface area contributed by atoms with Gasteiger partial charge in [-0.15, -0.1) is 11.3 Å². The van der Waals surface area contributed by atoms with Gasteiger partial charge in [0.25, 0.3) is 0 Å². The summed E-state index contributed by atoms with van der Waals surface area (Å²) in [6.07, 6.45) is 2.95. The quantitative estimate of drug-likeness (QED) is 0.367. The van der Waals surface area contributed by atoms with Crippen LogP contribution in [0.4, 0.5) is 5.00 Å². The zero-order valence-corrected chi connectivity index (χ0v) is 17.7. The predicted octanol–water partition coefficient (Wildman–Crippen LogP) is 5.91. The summed E-state index contributed by atoms with van der Waals surface area (Å²) in [6.45, 7) is 3.83. The minimum atomic E-state index is -0.470. The van der Waals surface area contributed by atoms with Gasteiger partial charge < -0.3 is 14.5 Å². The van der Waals surface area contributed by atoms with Gasteiger partial charge in [-0.25, -0.2) is 4.79 Å². The normalized spacial score (nSPS) is 11.0. The van der Waals surface area contributed by atoms with Crippen LogP contribution in [-0.2, 0) is 9.53 Å². The molecule has 0 unspecified atom stereocenters. The average Bonchev–Trinajstić information content (AvgIpc) is 3.27. The lowest BCUT2D eigenvalue weighted by Crippen LogP contribution is -2.12. The molecule has 0 saturated carbocycles. The first kappa shape index (κ1) is 20.1. The number of ether oxygens (including phenoxy) is 1. The van der Waals surface area contributed by atoms with E-state index in [1.807, 2.05) is 42.6 Å². The lowest BCUT2D eigenvalue weighted by molar-refractivity contribution is -0.111. The Morgan fingerprint density at radius 3 is 2.61 bits per heavy atom. The van der Waals surface area contributed by atoms with Gasteiger partial charge in [-0.1, -0.05) is 28.1 Å². The van der Waals surface area contributed by atoms with Crippen molar-refractivity contribution in [2.75, 3.05) is 11.9 Å². The minimum Gasteiger partial charge on any atom is -0.462 e. The summed E-state index contributed by atoms with van der Waals surface area (Å²) in [5.41, 5.74) is 1.94. The zero-order valence-electron chi connectivity index (χ0n) is 15.3. The molecule has 3 aromatic rings. The molecule has 0 saturated heterocycles. The van der Waals surface area contributed by atoms with Crippen molar-refractivity contribution >= 4 is 50.2 Å². The fraction of sp³-hybridized carbons (Fsp3) is 0.143. The Hall–Kier alpha value is -2.64. The topological polar surface area (TPSA) is 68.5 Å². The van der Waals surface area contributed by atoms with Gasteiger partial charge in [0.1, 0.15) is 22.1 Å². The molecular weight excluding hydrogens is 442 g/mol. The number of halogens is 1. The zero-order chi connectivity index (χ0) is 20.1. The number of thiophene rings is 1. The molecule has 1 aromatic carbocycles. The van der Waals surface area contributed by atoms with Crippen molar-refractivity contribution in [1.29, 1.82) is 0 Å². The van der Waals surface area contributed by atoms with Gasteiger partial charge in [0.15, 0.2) is 0 Å². The van der Waals surface area contributed by atoms with E-state index in [9.17, 15) is 9.59 Å². The third-order valence-corrected chi connectivity index (χ3v) is 5.25. The molecule has 0 fully saturated rings. The molecule has 3 rings (SSSR count). The van der Waals surface area contributed by atoms with Gasteiger partial charge >= 0.3 is 5.97 Å². The van der Waals surface area contributed by atoms with Gasteiger partial charge in [0, 0.05) is 21.5 Å². The number of nitrogens with one attached hydrogen (secondary N) is 1. The van der Waals surface area contributed by atoms with Crippen molar-refractivity contribution in [3.05, 3.63) is 69.4 Å². The summed E-state index contributed by atoms with van der Waals surface area (Å²) in [5, 5.41) is 5.05. The van der Waals surface area contributed by atoms with E-state index in [4.69, 9.17) is 9.15 Å². The summed E-state index contributed by atoms with van der Waals surface area (Å²) in [4.78, 5) is 24.9. The van der Waals surface area contributed by atoms with Crippen molar-refractivity contribution in [2.45, 2.75) is 13.8 Å². The van der Waals surface area contributed by atoms with E-state index >= 15 is 0 Å². The predicted molar refractivity (Wildman–Crippen MR) is 115 cm³/mol. The number of amides is 1. The Morgan fingerprint density at radius 2 is 1.96 bits per heavy atom. The second-order valence-electron chi connectivity index (χ2n) is 5.85. The third kappa shape index (κ3) is 4.79.